The highest BCUT2D eigenvalue weighted by Crippen LogP contribution is 2.09. The Kier molecular flexibility index (Phi) is 6.23. The summed E-state index contributed by atoms with van der Waals surface area (Å²) in [6.45, 7) is 9.61. The molecule has 17 heavy (non-hydrogen) atoms. The molecular formula is C15H26N2. The van der Waals surface area contributed by atoms with Crippen LogP contribution in [0.5, 0.6) is 0 Å². The molecule has 1 aromatic carbocycles. The van der Waals surface area contributed by atoms with Crippen LogP contribution in [0.2, 0.25) is 0 Å². The number of rotatable bonds is 7. The van der Waals surface area contributed by atoms with Crippen molar-refractivity contribution < 1.29 is 0 Å². The molecule has 0 saturated heterocycles. The van der Waals surface area contributed by atoms with Gasteiger partial charge < -0.3 is 11.1 Å². The van der Waals surface area contributed by atoms with Crippen molar-refractivity contribution in [2.45, 2.75) is 33.7 Å². The molecule has 2 heteroatoms. The second kappa shape index (κ2) is 7.46. The Bertz CT molecular complexity index is 303. The zero-order valence-corrected chi connectivity index (χ0v) is 11.4. The fraction of sp³-hybridized carbons (Fsp3) is 0.600. The van der Waals surface area contributed by atoms with Crippen LogP contribution in [0.1, 0.15) is 31.9 Å². The van der Waals surface area contributed by atoms with E-state index in [-0.39, 0.29) is 0 Å². The van der Waals surface area contributed by atoms with Gasteiger partial charge in [0.1, 0.15) is 0 Å². The summed E-state index contributed by atoms with van der Waals surface area (Å²) in [5.41, 5.74) is 8.20. The van der Waals surface area contributed by atoms with Gasteiger partial charge in [0.15, 0.2) is 0 Å². The summed E-state index contributed by atoms with van der Waals surface area (Å²) in [7, 11) is 0. The Labute approximate surface area is 106 Å². The maximum Gasteiger partial charge on any atom is 0.0205 e. The SMILES string of the molecule is CC(C)C(C)CNCc1ccc(CCN)cc1. The van der Waals surface area contributed by atoms with Gasteiger partial charge in [0.25, 0.3) is 0 Å². The zero-order valence-electron chi connectivity index (χ0n) is 11.4. The third kappa shape index (κ3) is 5.33. The number of nitrogens with one attached hydrogen (secondary N) is 1. The van der Waals surface area contributed by atoms with Gasteiger partial charge in [0, 0.05) is 6.54 Å². The predicted molar refractivity (Wildman–Crippen MR) is 74.9 cm³/mol. The first-order valence-electron chi connectivity index (χ1n) is 6.62. The van der Waals surface area contributed by atoms with Crippen LogP contribution < -0.4 is 11.1 Å². The van der Waals surface area contributed by atoms with Crippen molar-refractivity contribution in [3.05, 3.63) is 35.4 Å². The van der Waals surface area contributed by atoms with E-state index in [1.807, 2.05) is 0 Å². The summed E-state index contributed by atoms with van der Waals surface area (Å²) in [5.74, 6) is 1.47. The highest BCUT2D eigenvalue weighted by atomic mass is 14.9. The van der Waals surface area contributed by atoms with E-state index in [1.54, 1.807) is 0 Å². The zero-order chi connectivity index (χ0) is 12.7. The molecule has 0 radical (unpaired) electrons. The Morgan fingerprint density at radius 3 is 2.18 bits per heavy atom. The van der Waals surface area contributed by atoms with Gasteiger partial charge in [0.2, 0.25) is 0 Å². The molecule has 1 aromatic rings. The van der Waals surface area contributed by atoms with Gasteiger partial charge in [0.05, 0.1) is 0 Å². The summed E-state index contributed by atoms with van der Waals surface area (Å²) in [4.78, 5) is 0. The van der Waals surface area contributed by atoms with Crippen LogP contribution in [0.3, 0.4) is 0 Å². The lowest BCUT2D eigenvalue weighted by Gasteiger charge is -2.16. The lowest BCUT2D eigenvalue weighted by Crippen LogP contribution is -2.23. The topological polar surface area (TPSA) is 38.0 Å². The number of hydrogen-bond donors (Lipinski definition) is 2. The maximum atomic E-state index is 5.53. The van der Waals surface area contributed by atoms with Gasteiger partial charge in [-0.1, -0.05) is 45.0 Å². The lowest BCUT2D eigenvalue weighted by atomic mass is 9.98. The van der Waals surface area contributed by atoms with Crippen molar-refractivity contribution in [2.75, 3.05) is 13.1 Å². The van der Waals surface area contributed by atoms with Gasteiger partial charge in [-0.3, -0.25) is 0 Å². The molecule has 0 aromatic heterocycles. The molecule has 0 saturated carbocycles. The van der Waals surface area contributed by atoms with Crippen LogP contribution in [0, 0.1) is 11.8 Å². The standard InChI is InChI=1S/C15H26N2/c1-12(2)13(3)10-17-11-15-6-4-14(5-7-15)8-9-16/h4-7,12-13,17H,8-11,16H2,1-3H3. The molecule has 0 heterocycles. The fourth-order valence-corrected chi connectivity index (χ4v) is 1.67. The average molecular weight is 234 g/mol. The Morgan fingerprint density at radius 2 is 1.65 bits per heavy atom. The number of hydrogen-bond acceptors (Lipinski definition) is 2. The van der Waals surface area contributed by atoms with Crippen LogP contribution in [0.15, 0.2) is 24.3 Å². The third-order valence-electron chi connectivity index (χ3n) is 3.39. The van der Waals surface area contributed by atoms with Crippen molar-refractivity contribution in [3.63, 3.8) is 0 Å². The highest BCUT2D eigenvalue weighted by Gasteiger charge is 2.05. The molecule has 0 bridgehead atoms. The van der Waals surface area contributed by atoms with Crippen LogP contribution in [0.25, 0.3) is 0 Å². The summed E-state index contributed by atoms with van der Waals surface area (Å²) in [6, 6.07) is 8.74. The van der Waals surface area contributed by atoms with E-state index < -0.39 is 0 Å². The van der Waals surface area contributed by atoms with Crippen molar-refractivity contribution in [3.8, 4) is 0 Å². The fourth-order valence-electron chi connectivity index (χ4n) is 1.67. The van der Waals surface area contributed by atoms with E-state index >= 15 is 0 Å². The van der Waals surface area contributed by atoms with Gasteiger partial charge in [-0.05, 0) is 42.5 Å². The van der Waals surface area contributed by atoms with Gasteiger partial charge in [-0.15, -0.1) is 0 Å². The summed E-state index contributed by atoms with van der Waals surface area (Å²) in [5, 5.41) is 3.51. The first-order chi connectivity index (χ1) is 8.13. The number of benzene rings is 1. The molecule has 1 unspecified atom stereocenters. The minimum atomic E-state index is 0.726. The van der Waals surface area contributed by atoms with E-state index in [0.717, 1.165) is 37.9 Å². The Balaban J connectivity index is 2.32. The molecule has 0 spiro atoms. The maximum absolute atomic E-state index is 5.53. The van der Waals surface area contributed by atoms with Gasteiger partial charge in [-0.2, -0.15) is 0 Å². The largest absolute Gasteiger partial charge is 0.330 e. The molecule has 0 aliphatic heterocycles. The van der Waals surface area contributed by atoms with E-state index in [4.69, 9.17) is 5.73 Å². The molecule has 1 rings (SSSR count). The molecule has 1 atom stereocenters. The smallest absolute Gasteiger partial charge is 0.0205 e. The molecular weight excluding hydrogens is 208 g/mol. The van der Waals surface area contributed by atoms with E-state index in [2.05, 4.69) is 50.4 Å². The average Bonchev–Trinajstić information content (AvgIpc) is 2.31. The van der Waals surface area contributed by atoms with Gasteiger partial charge in [-0.25, -0.2) is 0 Å². The molecule has 2 nitrogen and oxygen atoms in total. The summed E-state index contributed by atoms with van der Waals surface area (Å²) < 4.78 is 0. The van der Waals surface area contributed by atoms with Crippen LogP contribution in [-0.2, 0) is 13.0 Å². The minimum Gasteiger partial charge on any atom is -0.330 e. The summed E-state index contributed by atoms with van der Waals surface area (Å²) in [6.07, 6.45) is 0.970. The molecule has 96 valence electrons. The van der Waals surface area contributed by atoms with E-state index in [0.29, 0.717) is 0 Å². The second-order valence-electron chi connectivity index (χ2n) is 5.21. The normalized spacial score (nSPS) is 13.0. The Morgan fingerprint density at radius 1 is 1.06 bits per heavy atom. The molecule has 0 amide bonds. The predicted octanol–water partition coefficient (Wildman–Crippen LogP) is 2.57. The monoisotopic (exact) mass is 234 g/mol. The molecule has 3 N–H and O–H groups in total. The van der Waals surface area contributed by atoms with Gasteiger partial charge >= 0.3 is 0 Å². The first kappa shape index (κ1) is 14.2. The van der Waals surface area contributed by atoms with Crippen LogP contribution in [0.4, 0.5) is 0 Å². The van der Waals surface area contributed by atoms with E-state index in [9.17, 15) is 0 Å². The van der Waals surface area contributed by atoms with Crippen molar-refractivity contribution in [1.82, 2.24) is 5.32 Å². The van der Waals surface area contributed by atoms with Crippen LogP contribution >= 0.6 is 0 Å². The number of nitrogens with two attached hydrogens (primary N) is 1. The van der Waals surface area contributed by atoms with E-state index in [1.165, 1.54) is 11.1 Å². The molecule has 0 fully saturated rings. The van der Waals surface area contributed by atoms with Crippen molar-refractivity contribution >= 4 is 0 Å². The molecule has 0 aliphatic carbocycles. The van der Waals surface area contributed by atoms with Crippen molar-refractivity contribution in [1.29, 1.82) is 0 Å². The second-order valence-corrected chi connectivity index (χ2v) is 5.21. The lowest BCUT2D eigenvalue weighted by molar-refractivity contribution is 0.392. The highest BCUT2D eigenvalue weighted by molar-refractivity contribution is 5.22. The Hall–Kier alpha value is -0.860. The first-order valence-corrected chi connectivity index (χ1v) is 6.62. The minimum absolute atomic E-state index is 0.726. The molecule has 0 aliphatic rings. The van der Waals surface area contributed by atoms with Crippen molar-refractivity contribution in [2.24, 2.45) is 17.6 Å². The third-order valence-corrected chi connectivity index (χ3v) is 3.39. The van der Waals surface area contributed by atoms with Crippen LogP contribution in [-0.4, -0.2) is 13.1 Å². The summed E-state index contributed by atoms with van der Waals surface area (Å²) >= 11 is 0. The quantitative estimate of drug-likeness (QED) is 0.761.